The van der Waals surface area contributed by atoms with Crippen LogP contribution < -0.4 is 15.5 Å². The minimum absolute atomic E-state index is 0.724. The first-order valence-corrected chi connectivity index (χ1v) is 9.11. The summed E-state index contributed by atoms with van der Waals surface area (Å²) in [6, 6.07) is 0. The van der Waals surface area contributed by atoms with Crippen LogP contribution in [-0.4, -0.2) is 38.6 Å². The van der Waals surface area contributed by atoms with Crippen molar-refractivity contribution < 1.29 is 0 Å². The summed E-state index contributed by atoms with van der Waals surface area (Å²) in [7, 11) is 5.88. The Bertz CT molecular complexity index is 504. The van der Waals surface area contributed by atoms with Gasteiger partial charge in [0.25, 0.3) is 0 Å². The molecule has 0 amide bonds. The maximum atomic E-state index is 4.59. The van der Waals surface area contributed by atoms with E-state index in [-0.39, 0.29) is 0 Å². The lowest BCUT2D eigenvalue weighted by atomic mass is 9.98. The minimum Gasteiger partial charge on any atom is -0.356 e. The van der Waals surface area contributed by atoms with Crippen LogP contribution in [0.1, 0.15) is 31.4 Å². The van der Waals surface area contributed by atoms with Crippen LogP contribution in [0.3, 0.4) is 0 Å². The highest BCUT2D eigenvalue weighted by Gasteiger charge is 2.41. The van der Waals surface area contributed by atoms with Crippen molar-refractivity contribution in [1.82, 2.24) is 15.6 Å². The molecule has 2 saturated carbocycles. The monoisotopic (exact) mass is 321 g/mol. The summed E-state index contributed by atoms with van der Waals surface area (Å²) >= 11 is 1.67. The third-order valence-electron chi connectivity index (χ3n) is 4.54. The molecule has 0 bridgehead atoms. The maximum Gasteiger partial charge on any atom is 0.191 e. The Morgan fingerprint density at radius 3 is 2.50 bits per heavy atom. The quantitative estimate of drug-likeness (QED) is 0.598. The summed E-state index contributed by atoms with van der Waals surface area (Å²) in [4.78, 5) is 11.0. The Morgan fingerprint density at radius 2 is 2.00 bits per heavy atom. The van der Waals surface area contributed by atoms with Gasteiger partial charge in [-0.25, -0.2) is 4.98 Å². The highest BCUT2D eigenvalue weighted by atomic mass is 32.1. The lowest BCUT2D eigenvalue weighted by molar-refractivity contribution is 0.400. The molecular weight excluding hydrogens is 294 g/mol. The number of aliphatic imine (C=N–C) groups is 1. The largest absolute Gasteiger partial charge is 0.356 e. The molecule has 2 N–H and O–H groups in total. The van der Waals surface area contributed by atoms with E-state index in [4.69, 9.17) is 0 Å². The second kappa shape index (κ2) is 6.86. The molecule has 1 heterocycles. The molecule has 1 aromatic rings. The van der Waals surface area contributed by atoms with E-state index in [0.717, 1.165) is 47.6 Å². The van der Waals surface area contributed by atoms with Gasteiger partial charge in [0.1, 0.15) is 0 Å². The Kier molecular flexibility index (Phi) is 4.86. The van der Waals surface area contributed by atoms with Crippen LogP contribution in [0.15, 0.2) is 10.4 Å². The highest BCUT2D eigenvalue weighted by Crippen LogP contribution is 2.48. The number of aromatic nitrogens is 1. The van der Waals surface area contributed by atoms with Crippen LogP contribution in [0.25, 0.3) is 0 Å². The summed E-state index contributed by atoms with van der Waals surface area (Å²) in [5.74, 6) is 3.70. The van der Waals surface area contributed by atoms with Crippen molar-refractivity contribution in [3.05, 3.63) is 11.1 Å². The van der Waals surface area contributed by atoms with Gasteiger partial charge in [-0.3, -0.25) is 4.99 Å². The summed E-state index contributed by atoms with van der Waals surface area (Å²) in [5, 5.41) is 10.0. The zero-order valence-corrected chi connectivity index (χ0v) is 14.6. The number of rotatable bonds is 7. The molecule has 6 heteroatoms. The van der Waals surface area contributed by atoms with E-state index in [1.165, 1.54) is 25.7 Å². The fourth-order valence-electron chi connectivity index (χ4n) is 2.96. The van der Waals surface area contributed by atoms with Gasteiger partial charge in [0.15, 0.2) is 11.1 Å². The molecule has 3 rings (SSSR count). The molecule has 2 aliphatic rings. The smallest absolute Gasteiger partial charge is 0.191 e. The average Bonchev–Trinajstić information content (AvgIpc) is 3.43. The molecule has 0 unspecified atom stereocenters. The lowest BCUT2D eigenvalue weighted by Crippen LogP contribution is -2.40. The van der Waals surface area contributed by atoms with Crippen LogP contribution in [0, 0.1) is 17.8 Å². The zero-order valence-electron chi connectivity index (χ0n) is 13.8. The fraction of sp³-hybridized carbons (Fsp3) is 0.750. The predicted octanol–water partition coefficient (Wildman–Crippen LogP) is 2.31. The first-order chi connectivity index (χ1) is 10.7. The van der Waals surface area contributed by atoms with E-state index in [2.05, 4.69) is 26.0 Å². The predicted molar refractivity (Wildman–Crippen MR) is 93.6 cm³/mol. The van der Waals surface area contributed by atoms with Crippen LogP contribution in [0.2, 0.25) is 0 Å². The summed E-state index contributed by atoms with van der Waals surface area (Å²) in [6.45, 7) is 1.79. The third-order valence-corrected chi connectivity index (χ3v) is 5.60. The van der Waals surface area contributed by atoms with Crippen LogP contribution in [0.4, 0.5) is 5.13 Å². The molecule has 5 nitrogen and oxygen atoms in total. The Balaban J connectivity index is 1.45. The number of hydrogen-bond acceptors (Lipinski definition) is 4. The Morgan fingerprint density at radius 1 is 1.32 bits per heavy atom. The van der Waals surface area contributed by atoms with Crippen LogP contribution >= 0.6 is 11.3 Å². The molecule has 1 aromatic heterocycles. The van der Waals surface area contributed by atoms with Gasteiger partial charge in [0.05, 0.1) is 12.2 Å². The number of hydrogen-bond donors (Lipinski definition) is 2. The number of thiazole rings is 1. The molecule has 0 saturated heterocycles. The van der Waals surface area contributed by atoms with Crippen molar-refractivity contribution in [3.8, 4) is 0 Å². The van der Waals surface area contributed by atoms with Crippen LogP contribution in [0.5, 0.6) is 0 Å². The Labute approximate surface area is 137 Å². The molecule has 0 atom stereocenters. The van der Waals surface area contributed by atoms with Crippen molar-refractivity contribution in [3.63, 3.8) is 0 Å². The van der Waals surface area contributed by atoms with E-state index in [0.29, 0.717) is 0 Å². The number of anilines is 1. The maximum absolute atomic E-state index is 4.59. The molecule has 0 aromatic carbocycles. The van der Waals surface area contributed by atoms with Gasteiger partial charge in [0.2, 0.25) is 0 Å². The standard InChI is InChI=1S/C16H27N5S/c1-17-15(18-8-13-10-22-16(20-13)21(2)3)19-9-14(11-4-5-11)12-6-7-12/h10-12,14H,4-9H2,1-3H3,(H2,17,18,19). The van der Waals surface area contributed by atoms with Gasteiger partial charge >= 0.3 is 0 Å². The van der Waals surface area contributed by atoms with Gasteiger partial charge in [-0.15, -0.1) is 11.3 Å². The molecule has 2 aliphatic carbocycles. The SMILES string of the molecule is CN=C(NCc1csc(N(C)C)n1)NCC(C1CC1)C1CC1. The third kappa shape index (κ3) is 4.12. The Hall–Kier alpha value is -1.30. The summed E-state index contributed by atoms with van der Waals surface area (Å²) in [6.07, 6.45) is 5.73. The van der Waals surface area contributed by atoms with Gasteiger partial charge < -0.3 is 15.5 Å². The summed E-state index contributed by atoms with van der Waals surface area (Å²) < 4.78 is 0. The van der Waals surface area contributed by atoms with E-state index in [9.17, 15) is 0 Å². The molecule has 122 valence electrons. The van der Waals surface area contributed by atoms with Crippen molar-refractivity contribution in [2.45, 2.75) is 32.2 Å². The highest BCUT2D eigenvalue weighted by molar-refractivity contribution is 7.13. The van der Waals surface area contributed by atoms with E-state index < -0.39 is 0 Å². The minimum atomic E-state index is 0.724. The van der Waals surface area contributed by atoms with Crippen LogP contribution in [-0.2, 0) is 6.54 Å². The van der Waals surface area contributed by atoms with Crippen molar-refractivity contribution in [2.75, 3.05) is 32.6 Å². The van der Waals surface area contributed by atoms with Crippen molar-refractivity contribution >= 4 is 22.4 Å². The molecule has 0 spiro atoms. The molecule has 22 heavy (non-hydrogen) atoms. The average molecular weight is 321 g/mol. The first-order valence-electron chi connectivity index (χ1n) is 8.23. The number of nitrogens with one attached hydrogen (secondary N) is 2. The first kappa shape index (κ1) is 15.6. The van der Waals surface area contributed by atoms with Crippen molar-refractivity contribution in [2.24, 2.45) is 22.7 Å². The topological polar surface area (TPSA) is 52.6 Å². The van der Waals surface area contributed by atoms with Gasteiger partial charge in [-0.05, 0) is 43.4 Å². The second-order valence-corrected chi connectivity index (χ2v) is 7.50. The molecule has 2 fully saturated rings. The van der Waals surface area contributed by atoms with Gasteiger partial charge in [0, 0.05) is 33.1 Å². The van der Waals surface area contributed by atoms with Gasteiger partial charge in [-0.2, -0.15) is 0 Å². The molecule has 0 aliphatic heterocycles. The normalized spacial score (nSPS) is 18.6. The fourth-order valence-corrected chi connectivity index (χ4v) is 3.72. The van der Waals surface area contributed by atoms with E-state index in [1.54, 1.807) is 11.3 Å². The van der Waals surface area contributed by atoms with Crippen molar-refractivity contribution in [1.29, 1.82) is 0 Å². The lowest BCUT2D eigenvalue weighted by Gasteiger charge is -2.18. The van der Waals surface area contributed by atoms with E-state index >= 15 is 0 Å². The van der Waals surface area contributed by atoms with E-state index in [1.807, 2.05) is 26.0 Å². The molecular formula is C16H27N5S. The zero-order chi connectivity index (χ0) is 15.5. The second-order valence-electron chi connectivity index (χ2n) is 6.66. The number of nitrogens with zero attached hydrogens (tertiary/aromatic N) is 3. The molecule has 0 radical (unpaired) electrons. The van der Waals surface area contributed by atoms with Gasteiger partial charge in [-0.1, -0.05) is 0 Å². The summed E-state index contributed by atoms with van der Waals surface area (Å²) in [5.41, 5.74) is 1.07. The number of guanidine groups is 1.